The molecule has 476 valence electrons. The maximum Gasteiger partial charge on any atom is 0.217 e. The van der Waals surface area contributed by atoms with Crippen molar-refractivity contribution in [1.29, 1.82) is 0 Å². The summed E-state index contributed by atoms with van der Waals surface area (Å²) in [5.74, 6) is -1.80. The zero-order valence-electron chi connectivity index (χ0n) is 44.4. The van der Waals surface area contributed by atoms with E-state index in [-0.39, 0.29) is 0 Å². The maximum atomic E-state index is 13.1. The van der Waals surface area contributed by atoms with Crippen LogP contribution >= 0.6 is 0 Å². The summed E-state index contributed by atoms with van der Waals surface area (Å²) >= 11 is 0. The van der Waals surface area contributed by atoms with Crippen LogP contribution in [0, 0.1) is 0 Å². The normalized spacial score (nSPS) is 51.3. The predicted octanol–water partition coefficient (Wildman–Crippen LogP) is -13.9. The zero-order valence-corrected chi connectivity index (χ0v) is 44.4. The van der Waals surface area contributed by atoms with Gasteiger partial charge in [-0.3, -0.25) is 9.59 Å². The monoisotopic (exact) mass is 1200 g/mol. The Hall–Kier alpha value is -2.34. The second-order valence-electron chi connectivity index (χ2n) is 21.0. The average Bonchev–Trinajstić information content (AvgIpc) is 3.27. The summed E-state index contributed by atoms with van der Waals surface area (Å²) in [6.07, 6.45) is -63.4. The lowest BCUT2D eigenvalue weighted by molar-refractivity contribution is -0.397. The molecular formula is C46H78N2O34. The minimum absolute atomic E-state index is 0.892. The van der Waals surface area contributed by atoms with E-state index in [1.54, 1.807) is 0 Å². The molecule has 2 amide bonds. The first kappa shape index (κ1) is 67.2. The van der Waals surface area contributed by atoms with E-state index in [9.17, 15) is 107 Å². The standard InChI is InChI=1S/C46H78N2O34/c1-10-21(56)26(61)29(64)43(70-10)79-36-20(48-13(4)55)42(76-17(8-52)34(36)77-45-31(66)28(63)23(58)14(5-49)73-45)82-39-25(60)16(7-51)74-46(33(39)68)78-35-18(9-53)75-41(81-38-24(59)15(6-50)72-40(69)32(38)67)19(47-12(3)54)37(35)80-44-30(65)27(62)22(57)11(2)71-44/h10-11,14-46,49-53,56-69H,5-9H2,1-4H3,(H,47,54)(H,48,55)/t10-,11-,14+,15+,16+,17+,18+,19+,20+,21+,22+,23-,24+,25-,26+,27+,28-,29-,30-,31+,32+,33+,34+,35+,36+,37+,38-,39-,40?,41-,42-,43-,44-,45-,46-/m0/s1. The highest BCUT2D eigenvalue weighted by atomic mass is 16.8. The fraction of sp³-hybridized carbons (Fsp3) is 0.957. The highest BCUT2D eigenvalue weighted by molar-refractivity contribution is 5.73. The fourth-order valence-electron chi connectivity index (χ4n) is 10.7. The maximum absolute atomic E-state index is 13.1. The van der Waals surface area contributed by atoms with Crippen molar-refractivity contribution in [2.24, 2.45) is 0 Å². The number of hydrogen-bond donors (Lipinski definition) is 21. The van der Waals surface area contributed by atoms with Gasteiger partial charge in [-0.1, -0.05) is 0 Å². The molecule has 7 saturated heterocycles. The number of aliphatic hydroxyl groups is 19. The Morgan fingerprint density at radius 2 is 0.610 bits per heavy atom. The van der Waals surface area contributed by atoms with Crippen molar-refractivity contribution in [3.8, 4) is 0 Å². The van der Waals surface area contributed by atoms with Gasteiger partial charge in [0, 0.05) is 13.8 Å². The van der Waals surface area contributed by atoms with Crippen LogP contribution in [-0.4, -0.2) is 357 Å². The van der Waals surface area contributed by atoms with Crippen molar-refractivity contribution >= 4 is 11.8 Å². The molecule has 1 unspecified atom stereocenters. The first-order chi connectivity index (χ1) is 38.7. The van der Waals surface area contributed by atoms with Crippen molar-refractivity contribution in [3.63, 3.8) is 0 Å². The molecule has 0 aliphatic carbocycles. The van der Waals surface area contributed by atoms with Crippen LogP contribution in [0.1, 0.15) is 27.7 Å². The number of aliphatic hydroxyl groups excluding tert-OH is 19. The average molecular weight is 1200 g/mol. The number of amides is 2. The minimum atomic E-state index is -2.36. The number of rotatable bonds is 19. The van der Waals surface area contributed by atoms with Gasteiger partial charge in [-0.15, -0.1) is 0 Å². The number of nitrogens with one attached hydrogen (secondary N) is 2. The van der Waals surface area contributed by atoms with Crippen molar-refractivity contribution in [2.45, 2.75) is 243 Å². The summed E-state index contributed by atoms with van der Waals surface area (Å²) < 4.78 is 76.8. The van der Waals surface area contributed by atoms with Crippen molar-refractivity contribution in [1.82, 2.24) is 10.6 Å². The third-order valence-corrected chi connectivity index (χ3v) is 15.3. The molecule has 0 saturated carbocycles. The Kier molecular flexibility index (Phi) is 23.5. The minimum Gasteiger partial charge on any atom is -0.394 e. The van der Waals surface area contributed by atoms with Gasteiger partial charge in [-0.25, -0.2) is 0 Å². The molecule has 0 aromatic rings. The Labute approximate surface area is 465 Å². The SMILES string of the molecule is CC(=O)N[C@H]1[C@H](O[C@H]2[C@@H](O)[C@@H](CO)O[C@@H](O[C@H]3[C@H](O[C@@H]4O[C@@H](C)[C@@H](O)[C@@H](O)[C@@H]4O)[C@@H](NC(C)=O)[C@H](O[C@H]4[C@H](O)[C@@H](CO)OC(O)[C@@H]4O)O[C@@H]3CO)[C@@H]2O)O[C@H](CO)[C@@H](O[C@@H]2O[C@H](CO)[C@H](O)[C@H](O)[C@H]2O)[C@@H]1O[C@@H]1O[C@@H](C)[C@@H](O)[C@@H](O)[C@@H]1O. The van der Waals surface area contributed by atoms with E-state index in [1.165, 1.54) is 13.8 Å². The quantitative estimate of drug-likeness (QED) is 0.0571. The number of hydrogen-bond acceptors (Lipinski definition) is 34. The van der Waals surface area contributed by atoms with E-state index in [4.69, 9.17) is 61.6 Å². The lowest BCUT2D eigenvalue weighted by Crippen LogP contribution is -2.72. The Morgan fingerprint density at radius 1 is 0.317 bits per heavy atom. The Balaban J connectivity index is 1.25. The van der Waals surface area contributed by atoms with Gasteiger partial charge >= 0.3 is 0 Å². The fourth-order valence-corrected chi connectivity index (χ4v) is 10.7. The van der Waals surface area contributed by atoms with E-state index in [0.717, 1.165) is 13.8 Å². The van der Waals surface area contributed by atoms with Crippen LogP contribution in [0.4, 0.5) is 0 Å². The molecule has 0 aromatic carbocycles. The van der Waals surface area contributed by atoms with Crippen molar-refractivity contribution in [2.75, 3.05) is 33.0 Å². The van der Waals surface area contributed by atoms with Gasteiger partial charge in [-0.2, -0.15) is 0 Å². The van der Waals surface area contributed by atoms with Gasteiger partial charge in [0.25, 0.3) is 0 Å². The van der Waals surface area contributed by atoms with E-state index in [1.807, 2.05) is 0 Å². The van der Waals surface area contributed by atoms with Crippen LogP contribution in [0.2, 0.25) is 0 Å². The Bertz CT molecular complexity index is 2030. The van der Waals surface area contributed by atoms with Crippen molar-refractivity contribution in [3.05, 3.63) is 0 Å². The van der Waals surface area contributed by atoms with Gasteiger partial charge in [0.15, 0.2) is 44.0 Å². The molecule has 0 bridgehead atoms. The third-order valence-electron chi connectivity index (χ3n) is 15.3. The molecule has 7 aliphatic rings. The summed E-state index contributed by atoms with van der Waals surface area (Å²) in [5.41, 5.74) is 0. The van der Waals surface area contributed by atoms with Gasteiger partial charge in [0.2, 0.25) is 11.8 Å². The number of ether oxygens (including phenoxy) is 13. The summed E-state index contributed by atoms with van der Waals surface area (Å²) in [6.45, 7) is -0.654. The molecule has 7 aliphatic heterocycles. The molecule has 21 N–H and O–H groups in total. The van der Waals surface area contributed by atoms with Gasteiger partial charge in [-0.05, 0) is 13.8 Å². The molecule has 0 aromatic heterocycles. The van der Waals surface area contributed by atoms with Gasteiger partial charge in [0.05, 0.1) is 45.2 Å². The van der Waals surface area contributed by atoms with Crippen LogP contribution in [0.3, 0.4) is 0 Å². The predicted molar refractivity (Wildman–Crippen MR) is 252 cm³/mol. The van der Waals surface area contributed by atoms with Crippen LogP contribution in [0.25, 0.3) is 0 Å². The molecule has 36 heteroatoms. The van der Waals surface area contributed by atoms with E-state index >= 15 is 0 Å². The zero-order chi connectivity index (χ0) is 60.5. The lowest BCUT2D eigenvalue weighted by atomic mass is 9.93. The van der Waals surface area contributed by atoms with E-state index < -0.39 is 260 Å². The van der Waals surface area contributed by atoms with Gasteiger partial charge < -0.3 is 169 Å². The van der Waals surface area contributed by atoms with Crippen LogP contribution in [0.15, 0.2) is 0 Å². The van der Waals surface area contributed by atoms with Gasteiger partial charge in [0.1, 0.15) is 159 Å². The molecule has 7 rings (SSSR count). The largest absolute Gasteiger partial charge is 0.394 e. The van der Waals surface area contributed by atoms with Crippen molar-refractivity contribution < 1.29 is 168 Å². The highest BCUT2D eigenvalue weighted by Gasteiger charge is 2.60. The second kappa shape index (κ2) is 28.7. The second-order valence-corrected chi connectivity index (χ2v) is 21.0. The molecule has 36 nitrogen and oxygen atoms in total. The number of carbonyl (C=O) groups is 2. The third kappa shape index (κ3) is 14.1. The number of carbonyl (C=O) groups excluding carboxylic acids is 2. The molecule has 35 atom stereocenters. The first-order valence-corrected chi connectivity index (χ1v) is 26.3. The van der Waals surface area contributed by atoms with E-state index in [0.29, 0.717) is 0 Å². The highest BCUT2D eigenvalue weighted by Crippen LogP contribution is 2.39. The molecule has 7 fully saturated rings. The summed E-state index contributed by atoms with van der Waals surface area (Å²) in [7, 11) is 0. The Morgan fingerprint density at radius 3 is 0.988 bits per heavy atom. The molecule has 82 heavy (non-hydrogen) atoms. The molecular weight excluding hydrogens is 1120 g/mol. The first-order valence-electron chi connectivity index (χ1n) is 26.3. The van der Waals surface area contributed by atoms with Crippen LogP contribution in [-0.2, 0) is 71.2 Å². The summed E-state index contributed by atoms with van der Waals surface area (Å²) in [6, 6.07) is -3.71. The van der Waals surface area contributed by atoms with Crippen LogP contribution in [0.5, 0.6) is 0 Å². The topological polar surface area (TPSA) is 563 Å². The van der Waals surface area contributed by atoms with Crippen LogP contribution < -0.4 is 10.6 Å². The summed E-state index contributed by atoms with van der Waals surface area (Å²) in [5, 5.41) is 211. The molecule has 0 radical (unpaired) electrons. The smallest absolute Gasteiger partial charge is 0.217 e. The molecule has 0 spiro atoms. The molecule has 7 heterocycles. The lowest BCUT2D eigenvalue weighted by Gasteiger charge is -2.52. The van der Waals surface area contributed by atoms with E-state index in [2.05, 4.69) is 10.6 Å². The summed E-state index contributed by atoms with van der Waals surface area (Å²) in [4.78, 5) is 26.2.